The van der Waals surface area contributed by atoms with Gasteiger partial charge in [0, 0.05) is 11.8 Å². The molecule has 2 heterocycles. The molecular weight excluding hydrogens is 278 g/mol. The van der Waals surface area contributed by atoms with Gasteiger partial charge in [-0.15, -0.1) is 0 Å². The zero-order valence-electron chi connectivity index (χ0n) is 13.0. The third kappa shape index (κ3) is 3.30. The average Bonchev–Trinajstić information content (AvgIpc) is 2.55. The summed E-state index contributed by atoms with van der Waals surface area (Å²) in [4.78, 5) is 8.78. The highest BCUT2D eigenvalue weighted by molar-refractivity contribution is 5.44. The summed E-state index contributed by atoms with van der Waals surface area (Å²) < 4.78 is 11.7. The van der Waals surface area contributed by atoms with Gasteiger partial charge in [0.25, 0.3) is 0 Å². The topological polar surface area (TPSA) is 56.3 Å². The van der Waals surface area contributed by atoms with Gasteiger partial charge >= 0.3 is 0 Å². The lowest BCUT2D eigenvalue weighted by Crippen LogP contribution is -2.35. The van der Waals surface area contributed by atoms with E-state index < -0.39 is 0 Å². The van der Waals surface area contributed by atoms with Gasteiger partial charge in [0.1, 0.15) is 24.4 Å². The molecule has 0 bridgehead atoms. The number of ether oxygens (including phenoxy) is 2. The lowest BCUT2D eigenvalue weighted by Gasteiger charge is -2.27. The van der Waals surface area contributed by atoms with E-state index in [9.17, 15) is 0 Å². The van der Waals surface area contributed by atoms with Gasteiger partial charge in [0.15, 0.2) is 11.5 Å². The molecule has 0 saturated heterocycles. The first-order valence-electron chi connectivity index (χ1n) is 7.71. The van der Waals surface area contributed by atoms with Crippen LogP contribution in [0.4, 0.5) is 5.82 Å². The van der Waals surface area contributed by atoms with Crippen LogP contribution in [0.3, 0.4) is 0 Å². The summed E-state index contributed by atoms with van der Waals surface area (Å²) in [6.07, 6.45) is 3.91. The standard InChI is InChI=1S/C17H21N3O2/c1-3-6-13-9-18-12(2)20-17(13)19-10-14-11-21-15-7-4-5-8-16(15)22-14/h4-5,7-9,14H,3,6,10-11H2,1-2H3,(H,18,19,20). The van der Waals surface area contributed by atoms with E-state index in [4.69, 9.17) is 9.47 Å². The summed E-state index contributed by atoms with van der Waals surface area (Å²) in [5.41, 5.74) is 1.14. The van der Waals surface area contributed by atoms with Gasteiger partial charge < -0.3 is 14.8 Å². The van der Waals surface area contributed by atoms with Crippen molar-refractivity contribution in [1.82, 2.24) is 9.97 Å². The molecule has 22 heavy (non-hydrogen) atoms. The largest absolute Gasteiger partial charge is 0.486 e. The smallest absolute Gasteiger partial charge is 0.161 e. The molecule has 1 aromatic carbocycles. The number of anilines is 1. The van der Waals surface area contributed by atoms with Gasteiger partial charge in [0.05, 0.1) is 6.54 Å². The number of nitrogens with one attached hydrogen (secondary N) is 1. The molecule has 3 rings (SSSR count). The van der Waals surface area contributed by atoms with Crippen molar-refractivity contribution in [3.05, 3.63) is 41.9 Å². The number of fused-ring (bicyclic) bond motifs is 1. The fourth-order valence-electron chi connectivity index (χ4n) is 2.47. The van der Waals surface area contributed by atoms with Crippen molar-refractivity contribution in [2.75, 3.05) is 18.5 Å². The summed E-state index contributed by atoms with van der Waals surface area (Å²) in [6, 6.07) is 7.75. The second-order valence-electron chi connectivity index (χ2n) is 5.42. The van der Waals surface area contributed by atoms with Crippen LogP contribution in [-0.4, -0.2) is 29.2 Å². The van der Waals surface area contributed by atoms with Gasteiger partial charge in [0.2, 0.25) is 0 Å². The van der Waals surface area contributed by atoms with Gasteiger partial charge in [-0.05, 0) is 25.5 Å². The molecule has 1 atom stereocenters. The summed E-state index contributed by atoms with van der Waals surface area (Å²) >= 11 is 0. The molecule has 5 heteroatoms. The highest BCUT2D eigenvalue weighted by atomic mass is 16.6. The number of nitrogens with zero attached hydrogens (tertiary/aromatic N) is 2. The Morgan fingerprint density at radius 2 is 2.09 bits per heavy atom. The van der Waals surface area contributed by atoms with Crippen LogP contribution in [0.2, 0.25) is 0 Å². The number of hydrogen-bond acceptors (Lipinski definition) is 5. The maximum absolute atomic E-state index is 5.95. The number of benzene rings is 1. The Balaban J connectivity index is 1.65. The molecule has 0 fully saturated rings. The SMILES string of the molecule is CCCc1cnc(C)nc1NCC1COc2ccccc2O1. The lowest BCUT2D eigenvalue weighted by atomic mass is 10.2. The van der Waals surface area contributed by atoms with Crippen molar-refractivity contribution in [2.24, 2.45) is 0 Å². The Morgan fingerprint density at radius 1 is 1.27 bits per heavy atom. The van der Waals surface area contributed by atoms with Gasteiger partial charge in [-0.25, -0.2) is 9.97 Å². The van der Waals surface area contributed by atoms with Crippen molar-refractivity contribution in [2.45, 2.75) is 32.8 Å². The maximum atomic E-state index is 5.95. The van der Waals surface area contributed by atoms with Crippen molar-refractivity contribution < 1.29 is 9.47 Å². The molecule has 0 amide bonds. The maximum Gasteiger partial charge on any atom is 0.161 e. The van der Waals surface area contributed by atoms with Crippen LogP contribution in [0.15, 0.2) is 30.5 Å². The third-order valence-corrected chi connectivity index (χ3v) is 3.57. The second kappa shape index (κ2) is 6.64. The number of aryl methyl sites for hydroxylation is 2. The summed E-state index contributed by atoms with van der Waals surface area (Å²) in [6.45, 7) is 5.24. The number of rotatable bonds is 5. The molecule has 1 unspecified atom stereocenters. The monoisotopic (exact) mass is 299 g/mol. The quantitative estimate of drug-likeness (QED) is 0.920. The van der Waals surface area contributed by atoms with Gasteiger partial charge in [-0.2, -0.15) is 0 Å². The highest BCUT2D eigenvalue weighted by Crippen LogP contribution is 2.30. The molecule has 1 N–H and O–H groups in total. The summed E-state index contributed by atoms with van der Waals surface area (Å²) in [5.74, 6) is 3.28. The normalized spacial score (nSPS) is 16.4. The molecule has 0 spiro atoms. The fourth-order valence-corrected chi connectivity index (χ4v) is 2.47. The van der Waals surface area contributed by atoms with E-state index in [1.54, 1.807) is 0 Å². The second-order valence-corrected chi connectivity index (χ2v) is 5.42. The van der Waals surface area contributed by atoms with Crippen LogP contribution in [-0.2, 0) is 6.42 Å². The van der Waals surface area contributed by atoms with Crippen LogP contribution < -0.4 is 14.8 Å². The Bertz CT molecular complexity index is 646. The minimum Gasteiger partial charge on any atom is -0.486 e. The van der Waals surface area contributed by atoms with Crippen LogP contribution in [0.5, 0.6) is 11.5 Å². The average molecular weight is 299 g/mol. The predicted octanol–water partition coefficient (Wildman–Crippen LogP) is 2.99. The van der Waals surface area contributed by atoms with Crippen molar-refractivity contribution in [1.29, 1.82) is 0 Å². The van der Waals surface area contributed by atoms with Gasteiger partial charge in [-0.1, -0.05) is 25.5 Å². The Hall–Kier alpha value is -2.30. The first-order valence-corrected chi connectivity index (χ1v) is 7.71. The molecule has 116 valence electrons. The molecular formula is C17H21N3O2. The zero-order chi connectivity index (χ0) is 15.4. The molecule has 0 aliphatic carbocycles. The Kier molecular flexibility index (Phi) is 4.42. The van der Waals surface area contributed by atoms with E-state index in [0.717, 1.165) is 41.5 Å². The number of hydrogen-bond donors (Lipinski definition) is 1. The van der Waals surface area contributed by atoms with Gasteiger partial charge in [-0.3, -0.25) is 0 Å². The first-order chi connectivity index (χ1) is 10.8. The molecule has 1 aliphatic heterocycles. The van der Waals surface area contributed by atoms with Crippen molar-refractivity contribution in [3.8, 4) is 11.5 Å². The Morgan fingerprint density at radius 3 is 2.91 bits per heavy atom. The summed E-state index contributed by atoms with van der Waals surface area (Å²) in [7, 11) is 0. The van der Waals surface area contributed by atoms with Crippen LogP contribution in [0, 0.1) is 6.92 Å². The van der Waals surface area contributed by atoms with Crippen LogP contribution >= 0.6 is 0 Å². The fraction of sp³-hybridized carbons (Fsp3) is 0.412. The van der Waals surface area contributed by atoms with Crippen LogP contribution in [0.1, 0.15) is 24.7 Å². The number of para-hydroxylation sites is 2. The molecule has 1 aromatic heterocycles. The van der Waals surface area contributed by atoms with E-state index in [2.05, 4.69) is 22.2 Å². The predicted molar refractivity (Wildman–Crippen MR) is 85.6 cm³/mol. The molecule has 5 nitrogen and oxygen atoms in total. The molecule has 1 aliphatic rings. The molecule has 0 saturated carbocycles. The summed E-state index contributed by atoms with van der Waals surface area (Å²) in [5, 5.41) is 3.38. The van der Waals surface area contributed by atoms with Crippen LogP contribution in [0.25, 0.3) is 0 Å². The molecule has 2 aromatic rings. The van der Waals surface area contributed by atoms with E-state index in [1.165, 1.54) is 0 Å². The Labute approximate surface area is 130 Å². The number of aromatic nitrogens is 2. The van der Waals surface area contributed by atoms with Crippen molar-refractivity contribution in [3.63, 3.8) is 0 Å². The van der Waals surface area contributed by atoms with E-state index >= 15 is 0 Å². The van der Waals surface area contributed by atoms with E-state index in [0.29, 0.717) is 13.2 Å². The minimum atomic E-state index is -0.0281. The molecule has 0 radical (unpaired) electrons. The van der Waals surface area contributed by atoms with Crippen molar-refractivity contribution >= 4 is 5.82 Å². The van der Waals surface area contributed by atoms with E-state index in [1.807, 2.05) is 37.4 Å². The first kappa shape index (κ1) is 14.6. The highest BCUT2D eigenvalue weighted by Gasteiger charge is 2.20. The third-order valence-electron chi connectivity index (χ3n) is 3.57. The zero-order valence-corrected chi connectivity index (χ0v) is 13.0. The minimum absolute atomic E-state index is 0.0281. The van der Waals surface area contributed by atoms with E-state index in [-0.39, 0.29) is 6.10 Å². The lowest BCUT2D eigenvalue weighted by molar-refractivity contribution is 0.0997.